The molecule has 0 aliphatic heterocycles. The SMILES string of the molecule is N#Cc1ccc(C(=O)Nc2cccc(C(=O)Nc3c(Br)cc(C(F)(C(F)(F)F)C(F)(F)C(F)(F)F)cc3C(F)(F)F)c2)cc1. The van der Waals surface area contributed by atoms with Crippen molar-refractivity contribution in [3.63, 3.8) is 0 Å². The van der Waals surface area contributed by atoms with Crippen LogP contribution in [-0.4, -0.2) is 30.1 Å². The monoisotopic (exact) mass is 705 g/mol. The van der Waals surface area contributed by atoms with Gasteiger partial charge in [-0.2, -0.15) is 53.6 Å². The zero-order valence-electron chi connectivity index (χ0n) is 21.0. The van der Waals surface area contributed by atoms with Crippen LogP contribution in [0.4, 0.5) is 64.1 Å². The zero-order valence-corrected chi connectivity index (χ0v) is 22.5. The van der Waals surface area contributed by atoms with E-state index in [1.165, 1.54) is 30.3 Å². The number of anilines is 2. The number of amides is 2. The molecule has 0 bridgehead atoms. The molecular formula is C26H12BrF12N3O2. The van der Waals surface area contributed by atoms with Gasteiger partial charge >= 0.3 is 30.1 Å². The van der Waals surface area contributed by atoms with Crippen LogP contribution in [0.25, 0.3) is 0 Å². The highest BCUT2D eigenvalue weighted by atomic mass is 79.9. The quantitative estimate of drug-likeness (QED) is 0.252. The van der Waals surface area contributed by atoms with Crippen molar-refractivity contribution in [2.24, 2.45) is 0 Å². The molecule has 18 heteroatoms. The Hall–Kier alpha value is -4.27. The van der Waals surface area contributed by atoms with E-state index in [0.29, 0.717) is 0 Å². The third-order valence-electron chi connectivity index (χ3n) is 5.87. The van der Waals surface area contributed by atoms with Gasteiger partial charge in [0.2, 0.25) is 0 Å². The molecule has 0 saturated carbocycles. The second kappa shape index (κ2) is 11.7. The number of benzene rings is 3. The second-order valence-electron chi connectivity index (χ2n) is 8.78. The topological polar surface area (TPSA) is 82.0 Å². The Kier molecular flexibility index (Phi) is 9.08. The molecule has 3 aromatic rings. The first-order chi connectivity index (χ1) is 20.0. The first kappa shape index (κ1) is 34.2. The van der Waals surface area contributed by atoms with E-state index in [4.69, 9.17) is 5.26 Å². The van der Waals surface area contributed by atoms with Gasteiger partial charge in [-0.05, 0) is 70.5 Å². The number of hydrogen-bond acceptors (Lipinski definition) is 3. The van der Waals surface area contributed by atoms with Crippen LogP contribution in [0.3, 0.4) is 0 Å². The number of carbonyl (C=O) groups is 2. The molecule has 3 aromatic carbocycles. The summed E-state index contributed by atoms with van der Waals surface area (Å²) in [5, 5.41) is 12.8. The Morgan fingerprint density at radius 3 is 1.77 bits per heavy atom. The van der Waals surface area contributed by atoms with Crippen LogP contribution < -0.4 is 10.6 Å². The molecule has 5 nitrogen and oxygen atoms in total. The van der Waals surface area contributed by atoms with Crippen molar-refractivity contribution in [3.8, 4) is 6.07 Å². The zero-order chi connectivity index (χ0) is 33.5. The van der Waals surface area contributed by atoms with Crippen LogP contribution in [-0.2, 0) is 11.8 Å². The fourth-order valence-corrected chi connectivity index (χ4v) is 4.26. The van der Waals surface area contributed by atoms with Crippen LogP contribution in [0.1, 0.15) is 37.4 Å². The van der Waals surface area contributed by atoms with Crippen molar-refractivity contribution >= 4 is 39.1 Å². The molecule has 44 heavy (non-hydrogen) atoms. The molecule has 2 N–H and O–H groups in total. The largest absolute Gasteiger partial charge is 0.457 e. The number of nitrogens with zero attached hydrogens (tertiary/aromatic N) is 1. The van der Waals surface area contributed by atoms with Crippen LogP contribution in [0.15, 0.2) is 65.1 Å². The third kappa shape index (κ3) is 6.47. The van der Waals surface area contributed by atoms with Gasteiger partial charge in [0.1, 0.15) is 0 Å². The number of hydrogen-bond donors (Lipinski definition) is 2. The predicted octanol–water partition coefficient (Wildman–Crippen LogP) is 8.77. The molecule has 0 fully saturated rings. The van der Waals surface area contributed by atoms with E-state index in [9.17, 15) is 62.3 Å². The summed E-state index contributed by atoms with van der Waals surface area (Å²) in [4.78, 5) is 25.2. The van der Waals surface area contributed by atoms with E-state index in [2.05, 4.69) is 21.2 Å². The molecule has 0 aliphatic rings. The van der Waals surface area contributed by atoms with Gasteiger partial charge in [-0.15, -0.1) is 0 Å². The average Bonchev–Trinajstić information content (AvgIpc) is 2.91. The summed E-state index contributed by atoms with van der Waals surface area (Å²) in [6.07, 6.45) is -20.1. The Bertz CT molecular complexity index is 1630. The van der Waals surface area contributed by atoms with Gasteiger partial charge in [0.15, 0.2) is 0 Å². The van der Waals surface area contributed by atoms with E-state index in [1.807, 2.05) is 6.07 Å². The second-order valence-corrected chi connectivity index (χ2v) is 9.64. The molecule has 0 saturated heterocycles. The number of carbonyl (C=O) groups excluding carboxylic acids is 2. The lowest BCUT2D eigenvalue weighted by molar-refractivity contribution is -0.389. The van der Waals surface area contributed by atoms with Crippen molar-refractivity contribution in [3.05, 3.63) is 93.0 Å². The summed E-state index contributed by atoms with van der Waals surface area (Å²) < 4.78 is 162. The van der Waals surface area contributed by atoms with E-state index in [0.717, 1.165) is 18.2 Å². The molecule has 3 rings (SSSR count). The maximum atomic E-state index is 14.9. The van der Waals surface area contributed by atoms with Gasteiger partial charge < -0.3 is 10.6 Å². The standard InChI is InChI=1S/C26H12BrF12N3O2/c27-18-10-15(22(28,25(34,35)36)24(32,33)26(37,38)39)9-17(23(29,30)31)19(18)42-21(44)14-2-1-3-16(8-14)41-20(43)13-6-4-12(11-40)5-7-13/h1-10H,(H,41,43)(H,42,44). The molecule has 0 aliphatic carbocycles. The normalized spacial score (nSPS) is 13.9. The Labute approximate surface area is 246 Å². The highest BCUT2D eigenvalue weighted by Crippen LogP contribution is 2.59. The lowest BCUT2D eigenvalue weighted by Crippen LogP contribution is -2.59. The van der Waals surface area contributed by atoms with Gasteiger partial charge in [0, 0.05) is 26.9 Å². The van der Waals surface area contributed by atoms with Crippen LogP contribution in [0.5, 0.6) is 0 Å². The molecule has 234 valence electrons. The summed E-state index contributed by atoms with van der Waals surface area (Å²) in [6.45, 7) is 0. The minimum Gasteiger partial charge on any atom is -0.322 e. The van der Waals surface area contributed by atoms with Gasteiger partial charge in [-0.25, -0.2) is 4.39 Å². The Balaban J connectivity index is 2.03. The van der Waals surface area contributed by atoms with Gasteiger partial charge in [0.05, 0.1) is 22.9 Å². The van der Waals surface area contributed by atoms with Crippen molar-refractivity contribution in [1.82, 2.24) is 0 Å². The van der Waals surface area contributed by atoms with E-state index < -0.39 is 80.9 Å². The minimum atomic E-state index is -7.24. The highest BCUT2D eigenvalue weighted by molar-refractivity contribution is 9.10. The first-order valence-electron chi connectivity index (χ1n) is 11.4. The molecule has 0 heterocycles. The molecular weight excluding hydrogens is 694 g/mol. The maximum Gasteiger partial charge on any atom is 0.457 e. The van der Waals surface area contributed by atoms with E-state index >= 15 is 0 Å². The summed E-state index contributed by atoms with van der Waals surface area (Å²) in [5.41, 5.74) is -13.5. The molecule has 0 radical (unpaired) electrons. The van der Waals surface area contributed by atoms with Crippen molar-refractivity contribution < 1.29 is 62.3 Å². The van der Waals surface area contributed by atoms with Crippen LogP contribution in [0, 0.1) is 11.3 Å². The molecule has 1 unspecified atom stereocenters. The molecule has 0 aromatic heterocycles. The summed E-state index contributed by atoms with van der Waals surface area (Å²) in [5.74, 6) is -9.39. The molecule has 2 amide bonds. The van der Waals surface area contributed by atoms with Gasteiger partial charge in [-0.1, -0.05) is 6.07 Å². The fraction of sp³-hybridized carbons (Fsp3) is 0.192. The van der Waals surface area contributed by atoms with Crippen molar-refractivity contribution in [2.45, 2.75) is 30.1 Å². The number of nitriles is 1. The number of rotatable bonds is 6. The van der Waals surface area contributed by atoms with Crippen molar-refractivity contribution in [1.29, 1.82) is 5.26 Å². The minimum absolute atomic E-state index is 0.0663. The summed E-state index contributed by atoms with van der Waals surface area (Å²) in [6, 6.07) is 10.1. The van der Waals surface area contributed by atoms with Gasteiger partial charge in [-0.3, -0.25) is 9.59 Å². The lowest BCUT2D eigenvalue weighted by atomic mass is 9.86. The molecule has 1 atom stereocenters. The first-order valence-corrected chi connectivity index (χ1v) is 12.2. The predicted molar refractivity (Wildman–Crippen MR) is 132 cm³/mol. The third-order valence-corrected chi connectivity index (χ3v) is 6.50. The van der Waals surface area contributed by atoms with Crippen LogP contribution >= 0.6 is 15.9 Å². The van der Waals surface area contributed by atoms with Crippen LogP contribution in [0.2, 0.25) is 0 Å². The molecule has 0 spiro atoms. The smallest absolute Gasteiger partial charge is 0.322 e. The number of halogens is 13. The fourth-order valence-electron chi connectivity index (χ4n) is 3.70. The number of nitrogens with one attached hydrogen (secondary N) is 2. The van der Waals surface area contributed by atoms with Crippen molar-refractivity contribution in [2.75, 3.05) is 10.6 Å². The maximum absolute atomic E-state index is 14.9. The number of alkyl halides is 12. The van der Waals surface area contributed by atoms with E-state index in [-0.39, 0.29) is 16.8 Å². The average molecular weight is 706 g/mol. The summed E-state index contributed by atoms with van der Waals surface area (Å²) in [7, 11) is 0. The summed E-state index contributed by atoms with van der Waals surface area (Å²) >= 11 is 2.30. The Morgan fingerprint density at radius 2 is 1.27 bits per heavy atom. The Morgan fingerprint density at radius 1 is 0.705 bits per heavy atom. The highest BCUT2D eigenvalue weighted by Gasteiger charge is 2.82. The lowest BCUT2D eigenvalue weighted by Gasteiger charge is -2.36. The van der Waals surface area contributed by atoms with Gasteiger partial charge in [0.25, 0.3) is 11.8 Å². The van der Waals surface area contributed by atoms with E-state index in [1.54, 1.807) is 5.32 Å².